The van der Waals surface area contributed by atoms with Gasteiger partial charge in [-0.05, 0) is 73.4 Å². The average molecular weight is 432 g/mol. The molecule has 1 saturated carbocycles. The summed E-state index contributed by atoms with van der Waals surface area (Å²) in [5.74, 6) is -0.525. The quantitative estimate of drug-likeness (QED) is 0.423. The van der Waals surface area contributed by atoms with Gasteiger partial charge in [0, 0.05) is 11.6 Å². The zero-order valence-corrected chi connectivity index (χ0v) is 18.5. The van der Waals surface area contributed by atoms with Crippen molar-refractivity contribution in [2.24, 2.45) is 0 Å². The number of benzene rings is 2. The summed E-state index contributed by atoms with van der Waals surface area (Å²) in [4.78, 5) is 28.2. The Balaban J connectivity index is 1.65. The lowest BCUT2D eigenvalue weighted by molar-refractivity contribution is -0.141. The van der Waals surface area contributed by atoms with Crippen LogP contribution >= 0.6 is 0 Å². The van der Waals surface area contributed by atoms with Crippen molar-refractivity contribution in [1.29, 1.82) is 0 Å². The number of aliphatic hydroxyl groups excluding tert-OH is 1. The molecule has 0 bridgehead atoms. The van der Waals surface area contributed by atoms with Gasteiger partial charge in [-0.3, -0.25) is 9.59 Å². The van der Waals surface area contributed by atoms with E-state index in [4.69, 9.17) is 4.74 Å². The number of likely N-dealkylation sites (tertiary alicyclic amines) is 1. The van der Waals surface area contributed by atoms with Gasteiger partial charge in [0.05, 0.1) is 18.7 Å². The summed E-state index contributed by atoms with van der Waals surface area (Å²) in [6.07, 6.45) is 8.19. The number of fused-ring (bicyclic) bond motifs is 1. The third-order valence-corrected chi connectivity index (χ3v) is 7.23. The second kappa shape index (κ2) is 8.45. The van der Waals surface area contributed by atoms with Crippen LogP contribution in [0.15, 0.2) is 48.0 Å². The summed E-state index contributed by atoms with van der Waals surface area (Å²) in [7, 11) is 1.60. The van der Waals surface area contributed by atoms with E-state index in [9.17, 15) is 14.7 Å². The highest BCUT2D eigenvalue weighted by atomic mass is 16.5. The fraction of sp³-hybridized carbons (Fsp3) is 0.407. The summed E-state index contributed by atoms with van der Waals surface area (Å²) in [6.45, 7) is 0. The van der Waals surface area contributed by atoms with E-state index in [2.05, 4.69) is 6.07 Å². The Labute approximate surface area is 188 Å². The Morgan fingerprint density at radius 1 is 0.969 bits per heavy atom. The Bertz CT molecular complexity index is 1100. The topological polar surface area (TPSA) is 66.8 Å². The zero-order chi connectivity index (χ0) is 22.2. The van der Waals surface area contributed by atoms with E-state index in [1.54, 1.807) is 12.0 Å². The minimum atomic E-state index is -0.607. The standard InChI is InChI=1S/C27H29NO4/c1-32-22-12-6-9-19(16-22)24-23(26(30)27(31)28(24)21-10-4-5-11-21)25(29)20-14-13-17-7-2-3-8-18(17)15-20/h6,9,12-16,21,24,29H,2-5,7-8,10-11H2,1H3/b25-23-. The number of nitrogens with zero attached hydrogens (tertiary/aromatic N) is 1. The maximum Gasteiger partial charge on any atom is 0.295 e. The molecule has 32 heavy (non-hydrogen) atoms. The number of aliphatic hydroxyl groups is 1. The van der Waals surface area contributed by atoms with Crippen molar-refractivity contribution in [3.05, 3.63) is 70.3 Å². The molecule has 1 heterocycles. The third-order valence-electron chi connectivity index (χ3n) is 7.23. The molecule has 1 amide bonds. The number of aryl methyl sites for hydroxylation is 2. The van der Waals surface area contributed by atoms with E-state index in [0.717, 1.165) is 50.5 Å². The number of carbonyl (C=O) groups excluding carboxylic acids is 2. The average Bonchev–Trinajstić information content (AvgIpc) is 3.45. The highest BCUT2D eigenvalue weighted by Gasteiger charge is 2.49. The van der Waals surface area contributed by atoms with Crippen LogP contribution in [-0.4, -0.2) is 34.8 Å². The number of hydrogen-bond donors (Lipinski definition) is 1. The molecule has 1 atom stereocenters. The molecule has 1 N–H and O–H groups in total. The Morgan fingerprint density at radius 2 is 1.72 bits per heavy atom. The molecule has 5 rings (SSSR count). The lowest BCUT2D eigenvalue weighted by Gasteiger charge is -2.31. The lowest BCUT2D eigenvalue weighted by Crippen LogP contribution is -2.37. The Hall–Kier alpha value is -3.08. The van der Waals surface area contributed by atoms with Crippen LogP contribution in [0.4, 0.5) is 0 Å². The summed E-state index contributed by atoms with van der Waals surface area (Å²) in [5.41, 5.74) is 4.12. The normalized spacial score (nSPS) is 22.9. The monoisotopic (exact) mass is 431 g/mol. The predicted molar refractivity (Wildman–Crippen MR) is 122 cm³/mol. The molecule has 1 saturated heterocycles. The second-order valence-corrected chi connectivity index (χ2v) is 9.11. The van der Waals surface area contributed by atoms with Crippen LogP contribution in [0, 0.1) is 0 Å². The van der Waals surface area contributed by atoms with Crippen molar-refractivity contribution in [3.8, 4) is 5.75 Å². The van der Waals surface area contributed by atoms with Crippen molar-refractivity contribution in [3.63, 3.8) is 0 Å². The molecule has 1 unspecified atom stereocenters. The van der Waals surface area contributed by atoms with Gasteiger partial charge in [-0.25, -0.2) is 0 Å². The molecule has 2 fully saturated rings. The first-order chi connectivity index (χ1) is 15.6. The van der Waals surface area contributed by atoms with Crippen LogP contribution in [0.3, 0.4) is 0 Å². The molecule has 2 aromatic carbocycles. The first-order valence-electron chi connectivity index (χ1n) is 11.6. The van der Waals surface area contributed by atoms with Gasteiger partial charge in [0.15, 0.2) is 0 Å². The maximum absolute atomic E-state index is 13.3. The highest BCUT2D eigenvalue weighted by Crippen LogP contribution is 2.44. The number of ketones is 1. The molecule has 2 aromatic rings. The van der Waals surface area contributed by atoms with Gasteiger partial charge in [0.2, 0.25) is 0 Å². The van der Waals surface area contributed by atoms with Crippen molar-refractivity contribution in [2.75, 3.05) is 7.11 Å². The van der Waals surface area contributed by atoms with Crippen LogP contribution in [0.1, 0.15) is 66.8 Å². The van der Waals surface area contributed by atoms with Crippen molar-refractivity contribution < 1.29 is 19.4 Å². The molecule has 5 nitrogen and oxygen atoms in total. The van der Waals surface area contributed by atoms with Gasteiger partial charge in [-0.2, -0.15) is 0 Å². The van der Waals surface area contributed by atoms with Gasteiger partial charge < -0.3 is 14.7 Å². The molecular weight excluding hydrogens is 402 g/mol. The van der Waals surface area contributed by atoms with Gasteiger partial charge >= 0.3 is 0 Å². The fourth-order valence-electron chi connectivity index (χ4n) is 5.58. The Morgan fingerprint density at radius 3 is 2.47 bits per heavy atom. The number of carbonyl (C=O) groups is 2. The minimum absolute atomic E-state index is 0.0106. The van der Waals surface area contributed by atoms with Crippen LogP contribution in [0.5, 0.6) is 5.75 Å². The van der Waals surface area contributed by atoms with Crippen LogP contribution in [0.25, 0.3) is 5.76 Å². The molecule has 1 aliphatic heterocycles. The predicted octanol–water partition coefficient (Wildman–Crippen LogP) is 4.94. The van der Waals surface area contributed by atoms with Crippen molar-refractivity contribution in [2.45, 2.75) is 63.5 Å². The number of methoxy groups -OCH3 is 1. The molecule has 0 radical (unpaired) electrons. The van der Waals surface area contributed by atoms with Gasteiger partial charge in [0.1, 0.15) is 11.5 Å². The number of Topliss-reactive ketones (excluding diaryl/α,β-unsaturated/α-hetero) is 1. The Kier molecular flexibility index (Phi) is 5.50. The largest absolute Gasteiger partial charge is 0.507 e. The summed E-state index contributed by atoms with van der Waals surface area (Å²) < 4.78 is 5.40. The molecular formula is C27H29NO4. The number of rotatable bonds is 4. The fourth-order valence-corrected chi connectivity index (χ4v) is 5.58. The first kappa shape index (κ1) is 20.8. The minimum Gasteiger partial charge on any atom is -0.507 e. The second-order valence-electron chi connectivity index (χ2n) is 9.11. The maximum atomic E-state index is 13.3. The van der Waals surface area contributed by atoms with Gasteiger partial charge in [-0.1, -0.05) is 37.1 Å². The molecule has 0 aromatic heterocycles. The molecule has 3 aliphatic rings. The van der Waals surface area contributed by atoms with E-state index in [-0.39, 0.29) is 17.4 Å². The van der Waals surface area contributed by atoms with Crippen LogP contribution < -0.4 is 4.74 Å². The molecule has 5 heteroatoms. The number of amides is 1. The number of ether oxygens (including phenoxy) is 1. The smallest absolute Gasteiger partial charge is 0.295 e. The van der Waals surface area contributed by atoms with Crippen molar-refractivity contribution >= 4 is 17.4 Å². The van der Waals surface area contributed by atoms with Gasteiger partial charge in [0.25, 0.3) is 11.7 Å². The summed E-state index contributed by atoms with van der Waals surface area (Å²) in [6, 6.07) is 12.8. The van der Waals surface area contributed by atoms with Crippen LogP contribution in [-0.2, 0) is 22.4 Å². The zero-order valence-electron chi connectivity index (χ0n) is 18.5. The van der Waals surface area contributed by atoms with E-state index >= 15 is 0 Å². The lowest BCUT2D eigenvalue weighted by atomic mass is 9.88. The number of hydrogen-bond acceptors (Lipinski definition) is 4. The highest BCUT2D eigenvalue weighted by molar-refractivity contribution is 6.46. The van der Waals surface area contributed by atoms with E-state index < -0.39 is 17.7 Å². The molecule has 0 spiro atoms. The van der Waals surface area contributed by atoms with Crippen LogP contribution in [0.2, 0.25) is 0 Å². The van der Waals surface area contributed by atoms with E-state index in [1.807, 2.05) is 36.4 Å². The van der Waals surface area contributed by atoms with E-state index in [1.165, 1.54) is 17.5 Å². The molecule has 2 aliphatic carbocycles. The summed E-state index contributed by atoms with van der Waals surface area (Å²) >= 11 is 0. The summed E-state index contributed by atoms with van der Waals surface area (Å²) in [5, 5.41) is 11.4. The molecule has 166 valence electrons. The van der Waals surface area contributed by atoms with E-state index in [0.29, 0.717) is 11.3 Å². The SMILES string of the molecule is COc1cccc(C2/C(=C(/O)c3ccc4c(c3)CCCC4)C(=O)C(=O)N2C2CCCC2)c1. The first-order valence-corrected chi connectivity index (χ1v) is 11.6. The third kappa shape index (κ3) is 3.50. The van der Waals surface area contributed by atoms with Crippen molar-refractivity contribution in [1.82, 2.24) is 4.90 Å². The van der Waals surface area contributed by atoms with Gasteiger partial charge in [-0.15, -0.1) is 0 Å².